The zero-order valence-electron chi connectivity index (χ0n) is 9.62. The van der Waals surface area contributed by atoms with Crippen molar-refractivity contribution < 1.29 is 9.50 Å². The smallest absolute Gasteiger partial charge is 0.123 e. The molecule has 3 rings (SSSR count). The van der Waals surface area contributed by atoms with Crippen LogP contribution in [-0.2, 0) is 5.41 Å². The van der Waals surface area contributed by atoms with E-state index in [1.54, 1.807) is 12.1 Å². The molecule has 1 aliphatic carbocycles. The third kappa shape index (κ3) is 1.55. The Balaban J connectivity index is 2.25. The van der Waals surface area contributed by atoms with Gasteiger partial charge in [0.05, 0.1) is 6.61 Å². The topological polar surface area (TPSA) is 20.2 Å². The molecule has 0 aromatic heterocycles. The van der Waals surface area contributed by atoms with Crippen LogP contribution in [-0.4, -0.2) is 11.7 Å². The molecule has 1 N–H and O–H groups in total. The lowest BCUT2D eigenvalue weighted by Crippen LogP contribution is -2.38. The maximum absolute atomic E-state index is 13.4. The van der Waals surface area contributed by atoms with Crippen molar-refractivity contribution in [3.63, 3.8) is 0 Å². The molecular formula is C15H15FO. The predicted octanol–water partition coefficient (Wildman–Crippen LogP) is 3.39. The highest BCUT2D eigenvalue weighted by Gasteiger charge is 2.38. The van der Waals surface area contributed by atoms with Crippen molar-refractivity contribution in [1.29, 1.82) is 0 Å². The van der Waals surface area contributed by atoms with Gasteiger partial charge in [-0.15, -0.1) is 0 Å². The van der Waals surface area contributed by atoms with Crippen molar-refractivity contribution in [3.05, 3.63) is 47.8 Å². The van der Waals surface area contributed by atoms with Crippen molar-refractivity contribution >= 4 is 10.8 Å². The molecule has 0 spiro atoms. The summed E-state index contributed by atoms with van der Waals surface area (Å²) < 4.78 is 13.4. The van der Waals surface area contributed by atoms with Gasteiger partial charge in [-0.2, -0.15) is 0 Å². The summed E-state index contributed by atoms with van der Waals surface area (Å²) in [6, 6.07) is 10.9. The van der Waals surface area contributed by atoms with E-state index < -0.39 is 0 Å². The fourth-order valence-electron chi connectivity index (χ4n) is 2.82. The van der Waals surface area contributed by atoms with E-state index in [1.807, 2.05) is 18.2 Å². The highest BCUT2D eigenvalue weighted by molar-refractivity contribution is 5.87. The fourth-order valence-corrected chi connectivity index (χ4v) is 2.82. The summed E-state index contributed by atoms with van der Waals surface area (Å²) in [6.07, 6.45) is 3.14. The van der Waals surface area contributed by atoms with Crippen LogP contribution >= 0.6 is 0 Å². The van der Waals surface area contributed by atoms with Crippen LogP contribution in [0.2, 0.25) is 0 Å². The number of hydrogen-bond donors (Lipinski definition) is 1. The van der Waals surface area contributed by atoms with E-state index in [1.165, 1.54) is 6.07 Å². The zero-order valence-corrected chi connectivity index (χ0v) is 9.62. The van der Waals surface area contributed by atoms with Crippen molar-refractivity contribution in [2.24, 2.45) is 0 Å². The molecule has 88 valence electrons. The van der Waals surface area contributed by atoms with E-state index in [9.17, 15) is 9.50 Å². The third-order valence-electron chi connectivity index (χ3n) is 4.03. The average Bonchev–Trinajstić information content (AvgIpc) is 2.29. The highest BCUT2D eigenvalue weighted by atomic mass is 19.1. The summed E-state index contributed by atoms with van der Waals surface area (Å²) in [4.78, 5) is 0. The summed E-state index contributed by atoms with van der Waals surface area (Å²) in [7, 11) is 0. The van der Waals surface area contributed by atoms with E-state index in [0.717, 1.165) is 35.6 Å². The van der Waals surface area contributed by atoms with E-state index in [-0.39, 0.29) is 17.8 Å². The largest absolute Gasteiger partial charge is 0.395 e. The number of aliphatic hydroxyl groups excluding tert-OH is 1. The third-order valence-corrected chi connectivity index (χ3v) is 4.03. The Labute approximate surface area is 99.9 Å². The van der Waals surface area contributed by atoms with Gasteiger partial charge in [0, 0.05) is 5.41 Å². The molecule has 0 heterocycles. The lowest BCUT2D eigenvalue weighted by molar-refractivity contribution is 0.121. The Kier molecular flexibility index (Phi) is 2.40. The predicted molar refractivity (Wildman–Crippen MR) is 66.5 cm³/mol. The standard InChI is InChI=1S/C15H15FO/c16-12-6-5-11-3-1-4-14(13(11)9-12)15(10-17)7-2-8-15/h1,3-6,9,17H,2,7-8,10H2. The van der Waals surface area contributed by atoms with Gasteiger partial charge in [-0.05, 0) is 41.3 Å². The molecule has 1 aliphatic rings. The molecule has 2 heteroatoms. The fraction of sp³-hybridized carbons (Fsp3) is 0.333. The number of aliphatic hydroxyl groups is 1. The summed E-state index contributed by atoms with van der Waals surface area (Å²) in [6.45, 7) is 0.155. The first-order chi connectivity index (χ1) is 8.25. The molecule has 2 aromatic rings. The first-order valence-corrected chi connectivity index (χ1v) is 6.05. The molecule has 1 nitrogen and oxygen atoms in total. The minimum Gasteiger partial charge on any atom is -0.395 e. The van der Waals surface area contributed by atoms with Gasteiger partial charge in [0.2, 0.25) is 0 Å². The summed E-state index contributed by atoms with van der Waals surface area (Å²) in [5.74, 6) is -0.211. The van der Waals surface area contributed by atoms with Crippen LogP contribution in [0.25, 0.3) is 10.8 Å². The molecule has 2 aromatic carbocycles. The maximum Gasteiger partial charge on any atom is 0.123 e. The average molecular weight is 230 g/mol. The number of benzene rings is 2. The van der Waals surface area contributed by atoms with Crippen LogP contribution in [0, 0.1) is 5.82 Å². The lowest BCUT2D eigenvalue weighted by atomic mass is 9.64. The minimum absolute atomic E-state index is 0.132. The summed E-state index contributed by atoms with van der Waals surface area (Å²) in [5.41, 5.74) is 0.969. The first-order valence-electron chi connectivity index (χ1n) is 6.05. The molecule has 0 unspecified atom stereocenters. The molecule has 0 radical (unpaired) electrons. The Morgan fingerprint density at radius 3 is 2.65 bits per heavy atom. The number of fused-ring (bicyclic) bond motifs is 1. The minimum atomic E-state index is -0.211. The quantitative estimate of drug-likeness (QED) is 0.838. The van der Waals surface area contributed by atoms with E-state index >= 15 is 0 Å². The van der Waals surface area contributed by atoms with Gasteiger partial charge in [0.25, 0.3) is 0 Å². The first kappa shape index (κ1) is 10.7. The lowest BCUT2D eigenvalue weighted by Gasteiger charge is -2.41. The van der Waals surface area contributed by atoms with Crippen molar-refractivity contribution in [2.45, 2.75) is 24.7 Å². The Bertz CT molecular complexity index is 552. The van der Waals surface area contributed by atoms with Crippen LogP contribution in [0.3, 0.4) is 0 Å². The SMILES string of the molecule is OCC1(c2cccc3ccc(F)cc23)CCC1. The van der Waals surface area contributed by atoms with Gasteiger partial charge in [0.1, 0.15) is 5.82 Å². The Morgan fingerprint density at radius 2 is 2.00 bits per heavy atom. The van der Waals surface area contributed by atoms with Gasteiger partial charge < -0.3 is 5.11 Å². The van der Waals surface area contributed by atoms with Crippen LogP contribution < -0.4 is 0 Å². The molecular weight excluding hydrogens is 215 g/mol. The molecule has 1 fully saturated rings. The monoisotopic (exact) mass is 230 g/mol. The molecule has 1 saturated carbocycles. The van der Waals surface area contributed by atoms with Crippen LogP contribution in [0.1, 0.15) is 24.8 Å². The Morgan fingerprint density at radius 1 is 1.18 bits per heavy atom. The molecule has 0 bridgehead atoms. The molecule has 0 saturated heterocycles. The van der Waals surface area contributed by atoms with E-state index in [0.29, 0.717) is 0 Å². The van der Waals surface area contributed by atoms with Gasteiger partial charge >= 0.3 is 0 Å². The normalized spacial score (nSPS) is 18.0. The van der Waals surface area contributed by atoms with Crippen molar-refractivity contribution in [1.82, 2.24) is 0 Å². The second-order valence-electron chi connectivity index (χ2n) is 4.96. The second kappa shape index (κ2) is 3.81. The maximum atomic E-state index is 13.4. The number of hydrogen-bond acceptors (Lipinski definition) is 1. The summed E-state index contributed by atoms with van der Waals surface area (Å²) in [5, 5.41) is 11.6. The zero-order chi connectivity index (χ0) is 11.9. The van der Waals surface area contributed by atoms with Crippen molar-refractivity contribution in [2.75, 3.05) is 6.61 Å². The molecule has 0 atom stereocenters. The van der Waals surface area contributed by atoms with E-state index in [2.05, 4.69) is 0 Å². The van der Waals surface area contributed by atoms with Crippen LogP contribution in [0.5, 0.6) is 0 Å². The van der Waals surface area contributed by atoms with Gasteiger partial charge in [0.15, 0.2) is 0 Å². The van der Waals surface area contributed by atoms with Crippen LogP contribution in [0.15, 0.2) is 36.4 Å². The van der Waals surface area contributed by atoms with E-state index in [4.69, 9.17) is 0 Å². The van der Waals surface area contributed by atoms with Crippen molar-refractivity contribution in [3.8, 4) is 0 Å². The summed E-state index contributed by atoms with van der Waals surface area (Å²) >= 11 is 0. The highest BCUT2D eigenvalue weighted by Crippen LogP contribution is 2.45. The number of halogens is 1. The molecule has 0 aliphatic heterocycles. The molecule has 17 heavy (non-hydrogen) atoms. The van der Waals surface area contributed by atoms with Gasteiger partial charge in [-0.3, -0.25) is 0 Å². The van der Waals surface area contributed by atoms with Gasteiger partial charge in [-0.1, -0.05) is 30.7 Å². The second-order valence-corrected chi connectivity index (χ2v) is 4.96. The number of rotatable bonds is 2. The Hall–Kier alpha value is -1.41. The van der Waals surface area contributed by atoms with Gasteiger partial charge in [-0.25, -0.2) is 4.39 Å². The van der Waals surface area contributed by atoms with Crippen LogP contribution in [0.4, 0.5) is 4.39 Å². The molecule has 0 amide bonds.